The molecule has 2 aromatic carbocycles. The van der Waals surface area contributed by atoms with Gasteiger partial charge in [-0.3, -0.25) is 24.1 Å². The number of carbonyl (C=O) groups is 3. The zero-order chi connectivity index (χ0) is 27.9. The summed E-state index contributed by atoms with van der Waals surface area (Å²) in [5, 5.41) is 8.68. The molecule has 7 atom stereocenters. The first-order chi connectivity index (χ1) is 19.1. The van der Waals surface area contributed by atoms with Crippen LogP contribution in [0.2, 0.25) is 0 Å². The molecule has 1 aromatic heterocycles. The molecule has 2 saturated carbocycles. The van der Waals surface area contributed by atoms with Crippen LogP contribution in [0, 0.1) is 29.6 Å². The first-order valence-electron chi connectivity index (χ1n) is 12.8. The highest BCUT2D eigenvalue weighted by molar-refractivity contribution is 8.00. The first kappa shape index (κ1) is 25.7. The summed E-state index contributed by atoms with van der Waals surface area (Å²) in [6.45, 7) is -0.410. The van der Waals surface area contributed by atoms with Crippen molar-refractivity contribution >= 4 is 56.5 Å². The Kier molecular flexibility index (Phi) is 5.86. The molecule has 4 aliphatic rings. The van der Waals surface area contributed by atoms with Crippen molar-refractivity contribution in [2.24, 2.45) is 34.7 Å². The molecule has 2 aliphatic heterocycles. The number of sulfonamides is 1. The fraction of sp³-hybridized carbons (Fsp3) is 0.333. The number of carbonyl (C=O) groups excluding carboxylic acids is 3. The molecule has 3 fully saturated rings. The normalized spacial score (nSPS) is 30.2. The van der Waals surface area contributed by atoms with Crippen molar-refractivity contribution < 1.29 is 22.8 Å². The van der Waals surface area contributed by atoms with E-state index in [0.29, 0.717) is 5.69 Å². The summed E-state index contributed by atoms with van der Waals surface area (Å²) in [7, 11) is -3.87. The molecule has 3 aromatic rings. The van der Waals surface area contributed by atoms with E-state index in [1.165, 1.54) is 35.6 Å². The van der Waals surface area contributed by atoms with Gasteiger partial charge in [-0.25, -0.2) is 13.6 Å². The van der Waals surface area contributed by atoms with Crippen molar-refractivity contribution in [3.05, 3.63) is 74.7 Å². The lowest BCUT2D eigenvalue weighted by Gasteiger charge is -2.43. The number of primary sulfonamides is 1. The molecule has 6 unspecified atom stereocenters. The predicted octanol–water partition coefficient (Wildman–Crippen LogP) is 2.20. The number of nitrogens with two attached hydrogens (primary N) is 1. The number of rotatable bonds is 5. The van der Waals surface area contributed by atoms with Crippen molar-refractivity contribution in [2.75, 3.05) is 11.9 Å². The number of aromatic amines is 1. The molecule has 206 valence electrons. The number of H-pyrrole nitrogens is 1. The summed E-state index contributed by atoms with van der Waals surface area (Å²) in [4.78, 5) is 57.3. The zero-order valence-corrected chi connectivity index (χ0v) is 23.3. The number of amides is 3. The number of likely N-dealkylation sites (tertiary alicyclic amines) is 1. The topological polar surface area (TPSA) is 159 Å². The Morgan fingerprint density at radius 2 is 1.68 bits per heavy atom. The van der Waals surface area contributed by atoms with E-state index >= 15 is 0 Å². The quantitative estimate of drug-likeness (QED) is 0.381. The molecule has 0 spiro atoms. The van der Waals surface area contributed by atoms with E-state index < -0.39 is 34.3 Å². The maximum Gasteiger partial charge on any atom is 0.305 e. The standard InChI is InChI=1S/C27H24N4O6S3/c28-40(36,37)14-8-6-13(7-9-14)29-17(32)11-31-25(33)20-15-10-16(21(20)26(31)34)22-19(15)18(12-4-2-1-3-5-12)23-24(38-22)30-27(35)39-23/h1-9,15-16,18-22H,10-11H2,(H,29,32)(H,30,35)(H2,28,36,37)/t15?,16?,18-,19?,20?,21?,22?/m1/s1. The molecule has 0 radical (unpaired) electrons. The van der Waals surface area contributed by atoms with Crippen molar-refractivity contribution in [1.29, 1.82) is 0 Å². The fourth-order valence-electron chi connectivity index (χ4n) is 7.34. The third kappa shape index (κ3) is 3.90. The Morgan fingerprint density at radius 3 is 2.35 bits per heavy atom. The van der Waals surface area contributed by atoms with E-state index in [-0.39, 0.29) is 50.5 Å². The van der Waals surface area contributed by atoms with Crippen molar-refractivity contribution in [1.82, 2.24) is 9.88 Å². The Hall–Kier alpha value is -3.26. The largest absolute Gasteiger partial charge is 0.325 e. The minimum atomic E-state index is -3.87. The summed E-state index contributed by atoms with van der Waals surface area (Å²) in [5.74, 6) is -2.13. The van der Waals surface area contributed by atoms with Gasteiger partial charge in [0.2, 0.25) is 27.7 Å². The van der Waals surface area contributed by atoms with Gasteiger partial charge < -0.3 is 10.3 Å². The molecule has 7 rings (SSSR count). The highest BCUT2D eigenvalue weighted by atomic mass is 32.2. The van der Waals surface area contributed by atoms with Crippen LogP contribution < -0.4 is 15.3 Å². The van der Waals surface area contributed by atoms with Gasteiger partial charge in [-0.05, 0) is 54.0 Å². The summed E-state index contributed by atoms with van der Waals surface area (Å²) in [6.07, 6.45) is 0.772. The average molecular weight is 597 g/mol. The number of hydrogen-bond acceptors (Lipinski definition) is 8. The van der Waals surface area contributed by atoms with Crippen molar-refractivity contribution in [3.63, 3.8) is 0 Å². The molecule has 3 amide bonds. The van der Waals surface area contributed by atoms with Crippen LogP contribution in [0.4, 0.5) is 5.69 Å². The van der Waals surface area contributed by atoms with E-state index in [9.17, 15) is 27.6 Å². The molecule has 3 heterocycles. The van der Waals surface area contributed by atoms with E-state index in [0.717, 1.165) is 26.8 Å². The molecule has 2 aliphatic carbocycles. The molecule has 13 heteroatoms. The van der Waals surface area contributed by atoms with E-state index in [1.54, 1.807) is 11.8 Å². The van der Waals surface area contributed by atoms with Crippen LogP contribution >= 0.6 is 23.1 Å². The Labute approximate surface area is 237 Å². The second-order valence-electron chi connectivity index (χ2n) is 10.8. The molecule has 10 nitrogen and oxygen atoms in total. The van der Waals surface area contributed by atoms with Crippen LogP contribution in [0.3, 0.4) is 0 Å². The number of imide groups is 1. The van der Waals surface area contributed by atoms with Crippen LogP contribution in [0.1, 0.15) is 22.8 Å². The number of aromatic nitrogens is 1. The van der Waals surface area contributed by atoms with Crippen LogP contribution in [-0.4, -0.2) is 47.8 Å². The van der Waals surface area contributed by atoms with Crippen LogP contribution in [-0.2, 0) is 24.4 Å². The van der Waals surface area contributed by atoms with Gasteiger partial charge in [-0.2, -0.15) is 0 Å². The van der Waals surface area contributed by atoms with Crippen LogP contribution in [0.5, 0.6) is 0 Å². The fourth-order valence-corrected chi connectivity index (χ4v) is 10.7. The van der Waals surface area contributed by atoms with Gasteiger partial charge in [0.15, 0.2) is 0 Å². The summed E-state index contributed by atoms with van der Waals surface area (Å²) in [6, 6.07) is 15.4. The third-order valence-corrected chi connectivity index (χ3v) is 12.3. The number of nitrogens with one attached hydrogen (secondary N) is 2. The summed E-state index contributed by atoms with van der Waals surface area (Å²) >= 11 is 2.84. The van der Waals surface area contributed by atoms with Crippen molar-refractivity contribution in [3.8, 4) is 0 Å². The van der Waals surface area contributed by atoms with Gasteiger partial charge in [0.1, 0.15) is 6.54 Å². The van der Waals surface area contributed by atoms with Crippen LogP contribution in [0.15, 0.2) is 69.3 Å². The number of thioether (sulfide) groups is 1. The molecule has 1 saturated heterocycles. The van der Waals surface area contributed by atoms with Crippen LogP contribution in [0.25, 0.3) is 0 Å². The number of anilines is 1. The lowest BCUT2D eigenvalue weighted by Crippen LogP contribution is -2.42. The second-order valence-corrected chi connectivity index (χ2v) is 14.5. The highest BCUT2D eigenvalue weighted by Crippen LogP contribution is 2.68. The predicted molar refractivity (Wildman–Crippen MR) is 148 cm³/mol. The van der Waals surface area contributed by atoms with E-state index in [1.807, 2.05) is 18.2 Å². The third-order valence-electron chi connectivity index (χ3n) is 8.74. The number of thiazole rings is 1. The monoisotopic (exact) mass is 596 g/mol. The van der Waals surface area contributed by atoms with Gasteiger partial charge in [-0.1, -0.05) is 41.7 Å². The maximum absolute atomic E-state index is 13.7. The average Bonchev–Trinajstić information content (AvgIpc) is 3.65. The van der Waals surface area contributed by atoms with Gasteiger partial charge in [0.25, 0.3) is 0 Å². The molecule has 4 N–H and O–H groups in total. The molecule has 40 heavy (non-hydrogen) atoms. The number of fused-ring (bicyclic) bond motifs is 9. The number of nitrogens with zero attached hydrogens (tertiary/aromatic N) is 1. The summed E-state index contributed by atoms with van der Waals surface area (Å²) < 4.78 is 22.9. The van der Waals surface area contributed by atoms with Gasteiger partial charge >= 0.3 is 4.87 Å². The number of hydrogen-bond donors (Lipinski definition) is 3. The van der Waals surface area contributed by atoms with Crippen molar-refractivity contribution in [2.45, 2.75) is 27.5 Å². The maximum atomic E-state index is 13.7. The molecular formula is C27H24N4O6S3. The minimum absolute atomic E-state index is 0.0250. The smallest absolute Gasteiger partial charge is 0.305 e. The van der Waals surface area contributed by atoms with E-state index in [2.05, 4.69) is 22.4 Å². The first-order valence-corrected chi connectivity index (χ1v) is 16.1. The highest BCUT2D eigenvalue weighted by Gasteiger charge is 2.69. The zero-order valence-electron chi connectivity index (χ0n) is 20.9. The lowest BCUT2D eigenvalue weighted by atomic mass is 9.68. The SMILES string of the molecule is NS(=O)(=O)c1ccc(NC(=O)CN2C(=O)C3C4CC(C3C2=O)C2C4Sc3[nH]c(=O)sc3[C@@H]2c2ccccc2)cc1. The van der Waals surface area contributed by atoms with Gasteiger partial charge in [0, 0.05) is 21.7 Å². The summed E-state index contributed by atoms with van der Waals surface area (Å²) in [5.41, 5.74) is 1.42. The second kappa shape index (κ2) is 9.13. The Morgan fingerprint density at radius 1 is 1.00 bits per heavy atom. The molecule has 2 bridgehead atoms. The Balaban J connectivity index is 1.14. The minimum Gasteiger partial charge on any atom is -0.325 e. The Bertz CT molecular complexity index is 1720. The lowest BCUT2D eigenvalue weighted by molar-refractivity contribution is -0.143. The molecular weight excluding hydrogens is 573 g/mol. The van der Waals surface area contributed by atoms with Gasteiger partial charge in [-0.15, -0.1) is 11.8 Å². The van der Waals surface area contributed by atoms with Gasteiger partial charge in [0.05, 0.1) is 21.8 Å². The number of benzene rings is 2. The van der Waals surface area contributed by atoms with E-state index in [4.69, 9.17) is 5.14 Å².